The normalized spacial score (nSPS) is 18.2. The van der Waals surface area contributed by atoms with E-state index < -0.39 is 0 Å². The molecule has 2 aromatic rings. The lowest BCUT2D eigenvalue weighted by atomic mass is 9.85. The van der Waals surface area contributed by atoms with Gasteiger partial charge in [0.25, 0.3) is 0 Å². The zero-order chi connectivity index (χ0) is 20.3. The third-order valence-electron chi connectivity index (χ3n) is 5.04. The minimum absolute atomic E-state index is 0.0153. The average Bonchev–Trinajstić information content (AvgIpc) is 2.85. The third kappa shape index (κ3) is 5.02. The molecular weight excluding hydrogens is 348 g/mol. The zero-order valence-corrected chi connectivity index (χ0v) is 18.1. The maximum atomic E-state index is 6.05. The van der Waals surface area contributed by atoms with Crippen LogP contribution in [0, 0.1) is 5.92 Å². The van der Waals surface area contributed by atoms with Gasteiger partial charge in [0.1, 0.15) is 5.75 Å². The predicted molar refractivity (Wildman–Crippen MR) is 116 cm³/mol. The molecule has 0 spiro atoms. The van der Waals surface area contributed by atoms with Crippen molar-refractivity contribution in [3.8, 4) is 17.0 Å². The fourth-order valence-corrected chi connectivity index (χ4v) is 3.49. The van der Waals surface area contributed by atoms with Crippen LogP contribution in [0.15, 0.2) is 30.5 Å². The Morgan fingerprint density at radius 3 is 2.71 bits per heavy atom. The topological polar surface area (TPSA) is 50.3 Å². The van der Waals surface area contributed by atoms with Gasteiger partial charge < -0.3 is 4.74 Å². The summed E-state index contributed by atoms with van der Waals surface area (Å²) in [4.78, 5) is 9.37. The minimum Gasteiger partial charge on any atom is -0.491 e. The number of aromatic nitrogens is 2. The van der Waals surface area contributed by atoms with Crippen molar-refractivity contribution in [1.82, 2.24) is 15.4 Å². The van der Waals surface area contributed by atoms with E-state index in [4.69, 9.17) is 9.72 Å². The Hall–Kier alpha value is -2.14. The first-order valence-corrected chi connectivity index (χ1v) is 10.4. The summed E-state index contributed by atoms with van der Waals surface area (Å²) in [7, 11) is 0. The summed E-state index contributed by atoms with van der Waals surface area (Å²) in [6.07, 6.45) is 4.38. The van der Waals surface area contributed by atoms with Crippen LogP contribution in [0.1, 0.15) is 59.9 Å². The highest BCUT2D eigenvalue weighted by Gasteiger charge is 2.21. The van der Waals surface area contributed by atoms with Crippen LogP contribution in [0.3, 0.4) is 0 Å². The van der Waals surface area contributed by atoms with E-state index in [2.05, 4.69) is 75.2 Å². The maximum absolute atomic E-state index is 6.05. The predicted octanol–water partition coefficient (Wildman–Crippen LogP) is 4.97. The Morgan fingerprint density at radius 2 is 2.00 bits per heavy atom. The number of ether oxygens (including phenoxy) is 1. The summed E-state index contributed by atoms with van der Waals surface area (Å²) in [5.74, 6) is 2.37. The molecule has 1 N–H and O–H groups in total. The Balaban J connectivity index is 1.93. The first-order valence-electron chi connectivity index (χ1n) is 10.4. The molecule has 28 heavy (non-hydrogen) atoms. The number of rotatable bonds is 4. The quantitative estimate of drug-likeness (QED) is 0.809. The molecule has 0 amide bonds. The molecule has 1 saturated heterocycles. The van der Waals surface area contributed by atoms with Crippen molar-refractivity contribution in [2.75, 3.05) is 18.1 Å². The smallest absolute Gasteiger partial charge is 0.240 e. The number of benzene rings is 1. The third-order valence-corrected chi connectivity index (χ3v) is 5.04. The first kappa shape index (κ1) is 20.6. The van der Waals surface area contributed by atoms with Crippen molar-refractivity contribution in [2.45, 2.75) is 65.9 Å². The molecule has 1 aliphatic rings. The van der Waals surface area contributed by atoms with Crippen molar-refractivity contribution >= 4 is 5.95 Å². The summed E-state index contributed by atoms with van der Waals surface area (Å²) in [5, 5.41) is 2.09. The van der Waals surface area contributed by atoms with Gasteiger partial charge in [-0.1, -0.05) is 27.7 Å². The van der Waals surface area contributed by atoms with Crippen LogP contribution in [0.5, 0.6) is 5.75 Å². The lowest BCUT2D eigenvalue weighted by Crippen LogP contribution is -2.40. The van der Waals surface area contributed by atoms with Crippen molar-refractivity contribution < 1.29 is 4.74 Å². The van der Waals surface area contributed by atoms with Crippen LogP contribution in [0.2, 0.25) is 0 Å². The summed E-state index contributed by atoms with van der Waals surface area (Å²) in [5.41, 5.74) is 6.69. The first-order chi connectivity index (χ1) is 13.2. The summed E-state index contributed by atoms with van der Waals surface area (Å²) < 4.78 is 6.05. The van der Waals surface area contributed by atoms with E-state index in [0.29, 0.717) is 5.92 Å². The molecule has 0 aliphatic carbocycles. The lowest BCUT2D eigenvalue weighted by molar-refractivity contribution is 0.236. The number of hydrogen-bond donors (Lipinski definition) is 1. The fraction of sp³-hybridized carbons (Fsp3) is 0.565. The van der Waals surface area contributed by atoms with E-state index in [9.17, 15) is 0 Å². The summed E-state index contributed by atoms with van der Waals surface area (Å²) in [6, 6.07) is 8.36. The lowest BCUT2D eigenvalue weighted by Gasteiger charge is -2.25. The van der Waals surface area contributed by atoms with E-state index in [-0.39, 0.29) is 11.5 Å². The van der Waals surface area contributed by atoms with Gasteiger partial charge in [-0.3, -0.25) is 5.01 Å². The Morgan fingerprint density at radius 1 is 1.21 bits per heavy atom. The molecule has 0 radical (unpaired) electrons. The van der Waals surface area contributed by atoms with E-state index in [1.54, 1.807) is 0 Å². The Kier molecular flexibility index (Phi) is 6.23. The molecule has 1 aliphatic heterocycles. The summed E-state index contributed by atoms with van der Waals surface area (Å²) in [6.45, 7) is 14.9. The number of anilines is 1. The molecule has 0 bridgehead atoms. The molecule has 2 heterocycles. The molecule has 1 aromatic carbocycles. The highest BCUT2D eigenvalue weighted by atomic mass is 16.5. The molecule has 3 rings (SSSR count). The molecule has 5 nitrogen and oxygen atoms in total. The van der Waals surface area contributed by atoms with Crippen molar-refractivity contribution in [2.24, 2.45) is 5.92 Å². The monoisotopic (exact) mass is 382 g/mol. The second-order valence-electron chi connectivity index (χ2n) is 9.13. The average molecular weight is 383 g/mol. The highest BCUT2D eigenvalue weighted by molar-refractivity contribution is 5.64. The van der Waals surface area contributed by atoms with Gasteiger partial charge in [0.2, 0.25) is 5.95 Å². The van der Waals surface area contributed by atoms with Gasteiger partial charge >= 0.3 is 0 Å². The second kappa shape index (κ2) is 8.48. The minimum atomic E-state index is -0.0153. The summed E-state index contributed by atoms with van der Waals surface area (Å²) >= 11 is 0. The number of nitrogens with zero attached hydrogens (tertiary/aromatic N) is 3. The molecule has 1 fully saturated rings. The number of hydrazine groups is 1. The van der Waals surface area contributed by atoms with Gasteiger partial charge in [0, 0.05) is 30.4 Å². The van der Waals surface area contributed by atoms with Crippen LogP contribution in [-0.4, -0.2) is 29.2 Å². The van der Waals surface area contributed by atoms with Gasteiger partial charge in [0.05, 0.1) is 11.8 Å². The number of hydrogen-bond acceptors (Lipinski definition) is 5. The second-order valence-corrected chi connectivity index (χ2v) is 9.13. The molecule has 0 saturated carbocycles. The number of nitrogens with one attached hydrogen (secondary N) is 1. The molecule has 1 aromatic heterocycles. The highest BCUT2D eigenvalue weighted by Crippen LogP contribution is 2.35. The van der Waals surface area contributed by atoms with Crippen LogP contribution in [0.25, 0.3) is 11.3 Å². The van der Waals surface area contributed by atoms with Gasteiger partial charge in [-0.2, -0.15) is 0 Å². The Bertz CT molecular complexity index is 797. The molecule has 5 heteroatoms. The molecule has 1 unspecified atom stereocenters. The van der Waals surface area contributed by atoms with Crippen molar-refractivity contribution in [3.63, 3.8) is 0 Å². The van der Waals surface area contributed by atoms with E-state index >= 15 is 0 Å². The van der Waals surface area contributed by atoms with E-state index in [1.165, 1.54) is 12.0 Å². The van der Waals surface area contributed by atoms with E-state index in [0.717, 1.165) is 42.5 Å². The van der Waals surface area contributed by atoms with Crippen molar-refractivity contribution in [3.05, 3.63) is 36.0 Å². The van der Waals surface area contributed by atoms with E-state index in [1.807, 2.05) is 12.3 Å². The van der Waals surface area contributed by atoms with Gasteiger partial charge in [-0.15, -0.1) is 0 Å². The molecule has 152 valence electrons. The Labute approximate surface area is 169 Å². The van der Waals surface area contributed by atoms with Gasteiger partial charge in [0.15, 0.2) is 0 Å². The molecular formula is C23H34N4O. The van der Waals surface area contributed by atoms with Crippen LogP contribution in [-0.2, 0) is 5.41 Å². The zero-order valence-electron chi connectivity index (χ0n) is 18.1. The van der Waals surface area contributed by atoms with Crippen LogP contribution < -0.4 is 15.2 Å². The molecule has 1 atom stereocenters. The van der Waals surface area contributed by atoms with Crippen LogP contribution in [0.4, 0.5) is 5.95 Å². The SMILES string of the molecule is CC1CCCN(c2nccc(-c3ccc(OC(C)C)c(C(C)(C)C)c3)n2)NC1. The van der Waals surface area contributed by atoms with Gasteiger partial charge in [-0.05, 0) is 62.3 Å². The van der Waals surface area contributed by atoms with Gasteiger partial charge in [-0.25, -0.2) is 15.4 Å². The fourth-order valence-electron chi connectivity index (χ4n) is 3.49. The van der Waals surface area contributed by atoms with Crippen LogP contribution >= 0.6 is 0 Å². The van der Waals surface area contributed by atoms with Crippen molar-refractivity contribution in [1.29, 1.82) is 0 Å². The largest absolute Gasteiger partial charge is 0.491 e. The standard InChI is InChI=1S/C23H34N4O/c1-16(2)28-21-10-9-18(14-19(21)23(4,5)6)20-11-12-24-22(26-20)27-13-7-8-17(3)15-25-27/h9-12,14,16-17,25H,7-8,13,15H2,1-6H3. The maximum Gasteiger partial charge on any atom is 0.240 e.